The molecule has 116 valence electrons. The fourth-order valence-corrected chi connectivity index (χ4v) is 2.98. The Balaban J connectivity index is 2.20. The van der Waals surface area contributed by atoms with E-state index in [-0.39, 0.29) is 5.56 Å². The van der Waals surface area contributed by atoms with Crippen LogP contribution in [0.4, 0.5) is 5.69 Å². The first-order valence-electron chi connectivity index (χ1n) is 7.54. The Kier molecular flexibility index (Phi) is 4.26. The van der Waals surface area contributed by atoms with Gasteiger partial charge >= 0.3 is 5.97 Å². The Bertz CT molecular complexity index is 774. The highest BCUT2D eigenvalue weighted by molar-refractivity contribution is 5.99. The molecular formula is C18H17N3O2. The van der Waals surface area contributed by atoms with E-state index in [0.29, 0.717) is 11.1 Å². The number of para-hydroxylation sites is 1. The van der Waals surface area contributed by atoms with Crippen molar-refractivity contribution in [1.82, 2.24) is 5.32 Å². The largest absolute Gasteiger partial charge is 0.478 e. The van der Waals surface area contributed by atoms with Crippen molar-refractivity contribution >= 4 is 11.7 Å². The average molecular weight is 307 g/mol. The van der Waals surface area contributed by atoms with Gasteiger partial charge in [-0.1, -0.05) is 30.3 Å². The van der Waals surface area contributed by atoms with Crippen LogP contribution in [0.25, 0.3) is 11.1 Å². The fourth-order valence-electron chi connectivity index (χ4n) is 2.98. The lowest BCUT2D eigenvalue weighted by molar-refractivity contribution is 0.0697. The molecule has 2 aromatic carbocycles. The first-order valence-corrected chi connectivity index (χ1v) is 7.54. The summed E-state index contributed by atoms with van der Waals surface area (Å²) in [6.45, 7) is 3.28. The highest BCUT2D eigenvalue weighted by Crippen LogP contribution is 2.36. The van der Waals surface area contributed by atoms with Gasteiger partial charge in [0, 0.05) is 31.7 Å². The number of benzene rings is 2. The number of nitriles is 1. The van der Waals surface area contributed by atoms with Gasteiger partial charge in [-0.15, -0.1) is 0 Å². The lowest BCUT2D eigenvalue weighted by Crippen LogP contribution is -2.44. The quantitative estimate of drug-likeness (QED) is 0.910. The van der Waals surface area contributed by atoms with Gasteiger partial charge in [-0.2, -0.15) is 5.26 Å². The lowest BCUT2D eigenvalue weighted by Gasteiger charge is -2.32. The topological polar surface area (TPSA) is 76.4 Å². The van der Waals surface area contributed by atoms with Crippen LogP contribution in [0.5, 0.6) is 0 Å². The third kappa shape index (κ3) is 2.89. The second kappa shape index (κ2) is 6.51. The lowest BCUT2D eigenvalue weighted by atomic mass is 9.95. The Morgan fingerprint density at radius 3 is 2.48 bits per heavy atom. The number of rotatable bonds is 3. The first kappa shape index (κ1) is 15.1. The van der Waals surface area contributed by atoms with Gasteiger partial charge in [0.15, 0.2) is 0 Å². The van der Waals surface area contributed by atoms with Crippen molar-refractivity contribution in [3.8, 4) is 17.2 Å². The highest BCUT2D eigenvalue weighted by atomic mass is 16.4. The average Bonchev–Trinajstić information content (AvgIpc) is 2.61. The van der Waals surface area contributed by atoms with Crippen LogP contribution in [-0.2, 0) is 0 Å². The van der Waals surface area contributed by atoms with Crippen LogP contribution in [0.2, 0.25) is 0 Å². The molecule has 2 N–H and O–H groups in total. The molecule has 1 heterocycles. The van der Waals surface area contributed by atoms with Crippen molar-refractivity contribution in [3.05, 3.63) is 53.6 Å². The van der Waals surface area contributed by atoms with Crippen molar-refractivity contribution in [2.24, 2.45) is 0 Å². The molecule has 0 bridgehead atoms. The van der Waals surface area contributed by atoms with Gasteiger partial charge < -0.3 is 15.3 Å². The van der Waals surface area contributed by atoms with Crippen molar-refractivity contribution in [1.29, 1.82) is 5.26 Å². The van der Waals surface area contributed by atoms with Gasteiger partial charge in [-0.25, -0.2) is 4.79 Å². The molecule has 1 saturated heterocycles. The van der Waals surface area contributed by atoms with Crippen molar-refractivity contribution in [2.45, 2.75) is 0 Å². The molecule has 0 aromatic heterocycles. The monoisotopic (exact) mass is 307 g/mol. The van der Waals surface area contributed by atoms with E-state index in [1.165, 1.54) is 0 Å². The van der Waals surface area contributed by atoms with Gasteiger partial charge in [0.2, 0.25) is 0 Å². The normalized spacial score (nSPS) is 14.3. The zero-order valence-electron chi connectivity index (χ0n) is 12.6. The maximum atomic E-state index is 11.5. The third-order valence-electron chi connectivity index (χ3n) is 4.04. The zero-order chi connectivity index (χ0) is 16.2. The third-order valence-corrected chi connectivity index (χ3v) is 4.04. The van der Waals surface area contributed by atoms with Crippen LogP contribution in [-0.4, -0.2) is 37.3 Å². The molecule has 1 aliphatic heterocycles. The second-order valence-corrected chi connectivity index (χ2v) is 5.40. The van der Waals surface area contributed by atoms with Crippen LogP contribution in [0.1, 0.15) is 15.9 Å². The molecule has 3 rings (SSSR count). The van der Waals surface area contributed by atoms with Gasteiger partial charge in [0.1, 0.15) is 6.07 Å². The summed E-state index contributed by atoms with van der Waals surface area (Å²) in [4.78, 5) is 13.7. The van der Waals surface area contributed by atoms with Crippen molar-refractivity contribution in [3.63, 3.8) is 0 Å². The highest BCUT2D eigenvalue weighted by Gasteiger charge is 2.21. The van der Waals surface area contributed by atoms with E-state index < -0.39 is 5.97 Å². The molecule has 0 aliphatic carbocycles. The number of nitrogens with one attached hydrogen (secondary N) is 1. The maximum absolute atomic E-state index is 11.5. The first-order chi connectivity index (χ1) is 11.2. The molecule has 0 spiro atoms. The molecule has 0 unspecified atom stereocenters. The molecule has 0 saturated carbocycles. The number of nitrogens with zero attached hydrogens (tertiary/aromatic N) is 2. The van der Waals surface area contributed by atoms with E-state index in [0.717, 1.165) is 37.4 Å². The van der Waals surface area contributed by atoms with E-state index in [2.05, 4.69) is 16.3 Å². The standard InChI is InChI=1S/C18H17N3O2/c19-12-13-4-3-7-15(17(13)21-10-8-20-9-11-21)14-5-1-2-6-16(14)18(22)23/h1-7,20H,8-11H2,(H,22,23). The Morgan fingerprint density at radius 1 is 1.09 bits per heavy atom. The number of carboxylic acids is 1. The Morgan fingerprint density at radius 2 is 1.78 bits per heavy atom. The maximum Gasteiger partial charge on any atom is 0.336 e. The van der Waals surface area contributed by atoms with E-state index >= 15 is 0 Å². The number of carbonyl (C=O) groups is 1. The number of aromatic carboxylic acids is 1. The van der Waals surface area contributed by atoms with Gasteiger partial charge in [-0.05, 0) is 17.7 Å². The number of hydrogen-bond donors (Lipinski definition) is 2. The summed E-state index contributed by atoms with van der Waals surface area (Å²) in [6.07, 6.45) is 0. The predicted molar refractivity (Wildman–Crippen MR) is 88.6 cm³/mol. The van der Waals surface area contributed by atoms with E-state index in [1.54, 1.807) is 30.3 Å². The van der Waals surface area contributed by atoms with Gasteiger partial charge in [-0.3, -0.25) is 0 Å². The van der Waals surface area contributed by atoms with Crippen LogP contribution in [0.15, 0.2) is 42.5 Å². The molecule has 0 amide bonds. The predicted octanol–water partition coefficient (Wildman–Crippen LogP) is 2.33. The summed E-state index contributed by atoms with van der Waals surface area (Å²) in [6, 6.07) is 14.6. The van der Waals surface area contributed by atoms with Crippen LogP contribution < -0.4 is 10.2 Å². The molecule has 5 heteroatoms. The molecule has 0 atom stereocenters. The Labute approximate surface area is 134 Å². The fraction of sp³-hybridized carbons (Fsp3) is 0.222. The van der Waals surface area contributed by atoms with Crippen LogP contribution in [0.3, 0.4) is 0 Å². The molecule has 0 radical (unpaired) electrons. The van der Waals surface area contributed by atoms with Crippen molar-refractivity contribution in [2.75, 3.05) is 31.1 Å². The van der Waals surface area contributed by atoms with Crippen molar-refractivity contribution < 1.29 is 9.90 Å². The smallest absolute Gasteiger partial charge is 0.336 e. The summed E-state index contributed by atoms with van der Waals surface area (Å²) in [5.41, 5.74) is 3.09. The molecule has 1 aliphatic rings. The minimum absolute atomic E-state index is 0.249. The van der Waals surface area contributed by atoms with Gasteiger partial charge in [0.05, 0.1) is 16.8 Å². The number of piperazine rings is 1. The zero-order valence-corrected chi connectivity index (χ0v) is 12.6. The molecule has 1 fully saturated rings. The molecule has 5 nitrogen and oxygen atoms in total. The second-order valence-electron chi connectivity index (χ2n) is 5.40. The number of carboxylic acid groups (broad SMARTS) is 1. The van der Waals surface area contributed by atoms with Gasteiger partial charge in [0.25, 0.3) is 0 Å². The van der Waals surface area contributed by atoms with Crippen LogP contribution in [0, 0.1) is 11.3 Å². The number of hydrogen-bond acceptors (Lipinski definition) is 4. The Hall–Kier alpha value is -2.84. The van der Waals surface area contributed by atoms with E-state index in [1.807, 2.05) is 12.1 Å². The van der Waals surface area contributed by atoms with Crippen LogP contribution >= 0.6 is 0 Å². The summed E-state index contributed by atoms with van der Waals surface area (Å²) >= 11 is 0. The summed E-state index contributed by atoms with van der Waals surface area (Å²) < 4.78 is 0. The summed E-state index contributed by atoms with van der Waals surface area (Å²) in [7, 11) is 0. The molecule has 23 heavy (non-hydrogen) atoms. The SMILES string of the molecule is N#Cc1cccc(-c2ccccc2C(=O)O)c1N1CCNCC1. The molecular weight excluding hydrogens is 290 g/mol. The number of anilines is 1. The van der Waals surface area contributed by atoms with E-state index in [9.17, 15) is 15.2 Å². The summed E-state index contributed by atoms with van der Waals surface area (Å²) in [5.74, 6) is -0.964. The minimum Gasteiger partial charge on any atom is -0.478 e. The minimum atomic E-state index is -0.964. The molecule has 2 aromatic rings. The van der Waals surface area contributed by atoms with E-state index in [4.69, 9.17) is 0 Å². The summed E-state index contributed by atoms with van der Waals surface area (Å²) in [5, 5.41) is 22.2.